The molecule has 0 aliphatic carbocycles. The smallest absolute Gasteiger partial charge is 0.305 e. The van der Waals surface area contributed by atoms with Crippen molar-refractivity contribution in [2.45, 2.75) is 13.1 Å². The zero-order chi connectivity index (χ0) is 15.2. The highest BCUT2D eigenvalue weighted by Crippen LogP contribution is 2.26. The van der Waals surface area contributed by atoms with E-state index < -0.39 is 17.7 Å². The molecule has 0 spiro atoms. The van der Waals surface area contributed by atoms with Crippen LogP contribution in [0.15, 0.2) is 35.1 Å². The van der Waals surface area contributed by atoms with Gasteiger partial charge in [0.25, 0.3) is 5.82 Å². The van der Waals surface area contributed by atoms with Gasteiger partial charge in [0.05, 0.1) is 5.69 Å². The highest BCUT2D eigenvalue weighted by molar-refractivity contribution is 5.63. The number of nitrogens with zero attached hydrogens (tertiary/aromatic N) is 3. The van der Waals surface area contributed by atoms with Crippen LogP contribution in [0.2, 0.25) is 0 Å². The summed E-state index contributed by atoms with van der Waals surface area (Å²) in [6.45, 7) is 1.91. The van der Waals surface area contributed by atoms with Crippen LogP contribution in [0.25, 0.3) is 16.9 Å². The summed E-state index contributed by atoms with van der Waals surface area (Å²) in [5.74, 6) is -1.34. The van der Waals surface area contributed by atoms with Gasteiger partial charge in [0.2, 0.25) is 0 Å². The summed E-state index contributed by atoms with van der Waals surface area (Å²) >= 11 is 0. The predicted molar refractivity (Wildman–Crippen MR) is 68.8 cm³/mol. The van der Waals surface area contributed by atoms with Gasteiger partial charge in [-0.25, -0.2) is 9.78 Å². The molecule has 0 amide bonds. The molecule has 0 radical (unpaired) electrons. The van der Waals surface area contributed by atoms with Crippen LogP contribution < -0.4 is 5.69 Å². The molecule has 0 atom stereocenters. The fourth-order valence-corrected chi connectivity index (χ4v) is 1.91. The molecule has 1 N–H and O–H groups in total. The second-order valence-corrected chi connectivity index (χ2v) is 4.56. The van der Waals surface area contributed by atoms with Gasteiger partial charge in [-0.3, -0.25) is 0 Å². The minimum Gasteiger partial charge on any atom is -0.305 e. The van der Waals surface area contributed by atoms with E-state index >= 15 is 0 Å². The van der Waals surface area contributed by atoms with E-state index in [-0.39, 0.29) is 5.65 Å². The highest BCUT2D eigenvalue weighted by Gasteiger charge is 2.36. The lowest BCUT2D eigenvalue weighted by atomic mass is 10.1. The summed E-state index contributed by atoms with van der Waals surface area (Å²) in [4.78, 5) is 17.7. The Kier molecular flexibility index (Phi) is 2.82. The molecule has 8 heteroatoms. The Morgan fingerprint density at radius 1 is 1.19 bits per heavy atom. The standard InChI is InChI=1S/C13H9F3N4O/c1-7-2-4-8(5-3-7)9-6-10-18-11(13(14,15)16)19-20(10)12(21)17-9/h2-6H,1H3,(H,17,21). The second-order valence-electron chi connectivity index (χ2n) is 4.56. The van der Waals surface area contributed by atoms with Gasteiger partial charge in [-0.2, -0.15) is 17.7 Å². The Hall–Kier alpha value is -2.64. The summed E-state index contributed by atoms with van der Waals surface area (Å²) in [6, 6.07) is 8.55. The molecule has 0 fully saturated rings. The van der Waals surface area contributed by atoms with E-state index in [2.05, 4.69) is 15.1 Å². The van der Waals surface area contributed by atoms with E-state index in [1.54, 1.807) is 12.1 Å². The van der Waals surface area contributed by atoms with Gasteiger partial charge in [0.1, 0.15) is 0 Å². The first-order valence-corrected chi connectivity index (χ1v) is 5.99. The minimum atomic E-state index is -4.69. The lowest BCUT2D eigenvalue weighted by Gasteiger charge is -2.02. The molecule has 0 saturated carbocycles. The molecule has 21 heavy (non-hydrogen) atoms. The van der Waals surface area contributed by atoms with Gasteiger partial charge in [-0.05, 0) is 12.5 Å². The summed E-state index contributed by atoms with van der Waals surface area (Å²) in [5.41, 5.74) is 1.17. The number of H-pyrrole nitrogens is 1. The molecule has 3 aromatic rings. The summed E-state index contributed by atoms with van der Waals surface area (Å²) < 4.78 is 38.3. The van der Waals surface area contributed by atoms with Crippen molar-refractivity contribution in [3.63, 3.8) is 0 Å². The van der Waals surface area contributed by atoms with E-state index in [1.807, 2.05) is 19.1 Å². The number of rotatable bonds is 1. The molecule has 2 heterocycles. The number of nitrogens with one attached hydrogen (secondary N) is 1. The third-order valence-corrected chi connectivity index (χ3v) is 2.96. The van der Waals surface area contributed by atoms with Crippen LogP contribution in [0.3, 0.4) is 0 Å². The zero-order valence-electron chi connectivity index (χ0n) is 10.8. The van der Waals surface area contributed by atoms with Crippen molar-refractivity contribution >= 4 is 5.65 Å². The zero-order valence-corrected chi connectivity index (χ0v) is 10.8. The fourth-order valence-electron chi connectivity index (χ4n) is 1.91. The van der Waals surface area contributed by atoms with E-state index in [0.29, 0.717) is 15.8 Å². The van der Waals surface area contributed by atoms with Crippen molar-refractivity contribution in [2.75, 3.05) is 0 Å². The van der Waals surface area contributed by atoms with Crippen LogP contribution in [-0.4, -0.2) is 19.6 Å². The van der Waals surface area contributed by atoms with Crippen molar-refractivity contribution < 1.29 is 13.2 Å². The molecule has 5 nitrogen and oxygen atoms in total. The van der Waals surface area contributed by atoms with Crippen LogP contribution in [0, 0.1) is 6.92 Å². The Morgan fingerprint density at radius 3 is 2.48 bits per heavy atom. The summed E-state index contributed by atoms with van der Waals surface area (Å²) in [7, 11) is 0. The van der Waals surface area contributed by atoms with Crippen LogP contribution >= 0.6 is 0 Å². The molecule has 1 aromatic carbocycles. The maximum atomic E-state index is 12.6. The largest absolute Gasteiger partial charge is 0.453 e. The molecule has 0 saturated heterocycles. The number of aromatic nitrogens is 4. The predicted octanol–water partition coefficient (Wildman–Crippen LogP) is 2.41. The quantitative estimate of drug-likeness (QED) is 0.749. The van der Waals surface area contributed by atoms with Crippen LogP contribution in [0.4, 0.5) is 13.2 Å². The molecular weight excluding hydrogens is 285 g/mol. The van der Waals surface area contributed by atoms with Crippen LogP contribution in [-0.2, 0) is 6.18 Å². The number of halogens is 3. The Labute approximate surface area is 116 Å². The van der Waals surface area contributed by atoms with Crippen molar-refractivity contribution in [1.82, 2.24) is 19.6 Å². The number of benzene rings is 1. The first kappa shape index (κ1) is 13.3. The fraction of sp³-hybridized carbons (Fsp3) is 0.154. The van der Waals surface area contributed by atoms with E-state index in [1.165, 1.54) is 6.07 Å². The molecule has 0 aliphatic rings. The summed E-state index contributed by atoms with van der Waals surface area (Å²) in [6.07, 6.45) is -4.69. The van der Waals surface area contributed by atoms with Gasteiger partial charge < -0.3 is 4.98 Å². The normalized spacial score (nSPS) is 12.0. The van der Waals surface area contributed by atoms with Gasteiger partial charge in [0, 0.05) is 6.07 Å². The molecule has 0 unspecified atom stereocenters. The lowest BCUT2D eigenvalue weighted by Crippen LogP contribution is -2.18. The molecule has 3 rings (SSSR count). The first-order chi connectivity index (χ1) is 9.84. The van der Waals surface area contributed by atoms with Crippen molar-refractivity contribution in [1.29, 1.82) is 0 Å². The van der Waals surface area contributed by atoms with Gasteiger partial charge in [-0.15, -0.1) is 5.10 Å². The number of aryl methyl sites for hydroxylation is 1. The number of fused-ring (bicyclic) bond motifs is 1. The summed E-state index contributed by atoms with van der Waals surface area (Å²) in [5, 5.41) is 3.17. The van der Waals surface area contributed by atoms with E-state index in [0.717, 1.165) is 5.56 Å². The third kappa shape index (κ3) is 2.39. The SMILES string of the molecule is Cc1ccc(-c2cc3nc(C(F)(F)F)nn3c(=O)[nH]2)cc1. The van der Waals surface area contributed by atoms with Crippen LogP contribution in [0.1, 0.15) is 11.4 Å². The second kappa shape index (κ2) is 4.44. The monoisotopic (exact) mass is 294 g/mol. The number of aromatic amines is 1. The third-order valence-electron chi connectivity index (χ3n) is 2.96. The molecule has 0 bridgehead atoms. The van der Waals surface area contributed by atoms with Crippen LogP contribution in [0.5, 0.6) is 0 Å². The maximum absolute atomic E-state index is 12.6. The molecule has 2 aromatic heterocycles. The average Bonchev–Trinajstić information content (AvgIpc) is 2.84. The Bertz CT molecular complexity index is 862. The van der Waals surface area contributed by atoms with Gasteiger partial charge >= 0.3 is 11.9 Å². The lowest BCUT2D eigenvalue weighted by molar-refractivity contribution is -0.144. The average molecular weight is 294 g/mol. The maximum Gasteiger partial charge on any atom is 0.453 e. The van der Waals surface area contributed by atoms with Gasteiger partial charge in [-0.1, -0.05) is 29.8 Å². The molecule has 108 valence electrons. The minimum absolute atomic E-state index is 0.151. The highest BCUT2D eigenvalue weighted by atomic mass is 19.4. The van der Waals surface area contributed by atoms with Crippen molar-refractivity contribution in [3.05, 3.63) is 52.2 Å². The number of alkyl halides is 3. The Morgan fingerprint density at radius 2 is 1.86 bits per heavy atom. The van der Waals surface area contributed by atoms with Gasteiger partial charge in [0.15, 0.2) is 5.65 Å². The van der Waals surface area contributed by atoms with Crippen molar-refractivity contribution in [3.8, 4) is 11.3 Å². The van der Waals surface area contributed by atoms with E-state index in [4.69, 9.17) is 0 Å². The van der Waals surface area contributed by atoms with E-state index in [9.17, 15) is 18.0 Å². The molecular formula is C13H9F3N4O. The number of hydrogen-bond donors (Lipinski definition) is 1. The first-order valence-electron chi connectivity index (χ1n) is 5.99. The molecule has 0 aliphatic heterocycles. The number of hydrogen-bond acceptors (Lipinski definition) is 3. The Balaban J connectivity index is 2.19. The van der Waals surface area contributed by atoms with Crippen molar-refractivity contribution in [2.24, 2.45) is 0 Å². The topological polar surface area (TPSA) is 63.1 Å².